The molecule has 1 aliphatic rings. The topological polar surface area (TPSA) is 24.3 Å². The summed E-state index contributed by atoms with van der Waals surface area (Å²) in [4.78, 5) is 9.13. The van der Waals surface area contributed by atoms with E-state index in [9.17, 15) is 0 Å². The number of rotatable bonds is 6. The fraction of sp³-hybridized carbons (Fsp3) is 0.692. The monoisotopic (exact) mass is 235 g/mol. The molecule has 0 atom stereocenters. The summed E-state index contributed by atoms with van der Waals surface area (Å²) < 4.78 is 2.15. The minimum Gasteiger partial charge on any atom is -0.337 e. The zero-order chi connectivity index (χ0) is 11.9. The predicted octanol–water partition coefficient (Wildman–Crippen LogP) is 1.11. The molecule has 0 unspecified atom stereocenters. The highest BCUT2D eigenvalue weighted by atomic mass is 15.3. The molecular weight excluding hydrogens is 212 g/mol. The van der Waals surface area contributed by atoms with Gasteiger partial charge in [-0.2, -0.15) is 0 Å². The molecule has 4 nitrogen and oxygen atoms in total. The lowest BCUT2D eigenvalue weighted by atomic mass is 10.2. The molecule has 0 saturated carbocycles. The Morgan fingerprint density at radius 2 is 1.71 bits per heavy atom. The third kappa shape index (κ3) is 4.13. The molecular formula is C13H23N4. The van der Waals surface area contributed by atoms with Crippen molar-refractivity contribution in [2.75, 3.05) is 39.3 Å². The molecule has 1 aliphatic heterocycles. The average Bonchev–Trinajstić information content (AvgIpc) is 2.85. The minimum absolute atomic E-state index is 1.03. The maximum Gasteiger partial charge on any atom is 0.0945 e. The Labute approximate surface area is 104 Å². The number of piperazine rings is 1. The van der Waals surface area contributed by atoms with Crippen molar-refractivity contribution in [1.29, 1.82) is 0 Å². The van der Waals surface area contributed by atoms with Crippen LogP contribution in [-0.2, 0) is 6.54 Å². The van der Waals surface area contributed by atoms with Gasteiger partial charge in [0.15, 0.2) is 0 Å². The predicted molar refractivity (Wildman–Crippen MR) is 69.7 cm³/mol. The number of aryl methyl sites for hydroxylation is 1. The molecule has 1 aromatic rings. The van der Waals surface area contributed by atoms with Crippen molar-refractivity contribution < 1.29 is 0 Å². The van der Waals surface area contributed by atoms with Crippen molar-refractivity contribution in [3.63, 3.8) is 0 Å². The van der Waals surface area contributed by atoms with Gasteiger partial charge in [-0.05, 0) is 25.9 Å². The highest BCUT2D eigenvalue weighted by Gasteiger charge is 2.15. The number of hydrogen-bond donors (Lipinski definition) is 0. The third-order valence-corrected chi connectivity index (χ3v) is 3.39. The first-order valence-electron chi connectivity index (χ1n) is 6.58. The second-order valence-corrected chi connectivity index (χ2v) is 4.69. The second kappa shape index (κ2) is 6.77. The quantitative estimate of drug-likeness (QED) is 0.738. The van der Waals surface area contributed by atoms with Gasteiger partial charge in [-0.25, -0.2) is 4.98 Å². The molecule has 95 valence electrons. The van der Waals surface area contributed by atoms with Crippen LogP contribution in [0.25, 0.3) is 0 Å². The van der Waals surface area contributed by atoms with Gasteiger partial charge in [-0.1, -0.05) is 6.92 Å². The van der Waals surface area contributed by atoms with Gasteiger partial charge in [0, 0.05) is 45.1 Å². The number of aromatic nitrogens is 2. The Morgan fingerprint density at radius 3 is 2.29 bits per heavy atom. The van der Waals surface area contributed by atoms with Crippen molar-refractivity contribution in [2.24, 2.45) is 0 Å². The molecule has 0 spiro atoms. The first kappa shape index (κ1) is 12.6. The van der Waals surface area contributed by atoms with Crippen molar-refractivity contribution in [3.8, 4) is 0 Å². The number of nitrogens with zero attached hydrogens (tertiary/aromatic N) is 4. The first-order valence-corrected chi connectivity index (χ1v) is 6.58. The average molecular weight is 235 g/mol. The van der Waals surface area contributed by atoms with Crippen LogP contribution in [-0.4, -0.2) is 58.6 Å². The highest BCUT2D eigenvalue weighted by Crippen LogP contribution is 2.03. The van der Waals surface area contributed by atoms with Crippen LogP contribution in [0.5, 0.6) is 0 Å². The lowest BCUT2D eigenvalue weighted by molar-refractivity contribution is 0.131. The summed E-state index contributed by atoms with van der Waals surface area (Å²) in [5.41, 5.74) is 0. The van der Waals surface area contributed by atoms with Gasteiger partial charge in [0.25, 0.3) is 0 Å². The van der Waals surface area contributed by atoms with Gasteiger partial charge in [-0.15, -0.1) is 0 Å². The fourth-order valence-electron chi connectivity index (χ4n) is 2.36. The van der Waals surface area contributed by atoms with E-state index in [2.05, 4.69) is 26.3 Å². The molecule has 0 N–H and O–H groups in total. The Balaban J connectivity index is 1.58. The van der Waals surface area contributed by atoms with Crippen LogP contribution in [0.15, 0.2) is 18.7 Å². The van der Waals surface area contributed by atoms with Crippen LogP contribution < -0.4 is 0 Å². The van der Waals surface area contributed by atoms with E-state index in [4.69, 9.17) is 0 Å². The summed E-state index contributed by atoms with van der Waals surface area (Å²) in [6.45, 7) is 12.2. The molecule has 0 amide bonds. The lowest BCUT2D eigenvalue weighted by Crippen LogP contribution is -2.46. The molecule has 1 aromatic heterocycles. The zero-order valence-electron chi connectivity index (χ0n) is 10.6. The van der Waals surface area contributed by atoms with Gasteiger partial charge >= 0.3 is 0 Å². The summed E-state index contributed by atoms with van der Waals surface area (Å²) in [6, 6.07) is 0. The second-order valence-electron chi connectivity index (χ2n) is 4.69. The van der Waals surface area contributed by atoms with E-state index < -0.39 is 0 Å². The van der Waals surface area contributed by atoms with Crippen LogP contribution >= 0.6 is 0 Å². The van der Waals surface area contributed by atoms with E-state index in [0.717, 1.165) is 19.5 Å². The zero-order valence-corrected chi connectivity index (χ0v) is 10.6. The summed E-state index contributed by atoms with van der Waals surface area (Å²) in [6.07, 6.45) is 8.02. The van der Waals surface area contributed by atoms with Crippen molar-refractivity contribution in [1.82, 2.24) is 19.4 Å². The van der Waals surface area contributed by atoms with E-state index in [-0.39, 0.29) is 0 Å². The highest BCUT2D eigenvalue weighted by molar-refractivity contribution is 4.75. The van der Waals surface area contributed by atoms with Crippen molar-refractivity contribution >= 4 is 0 Å². The van der Waals surface area contributed by atoms with Crippen molar-refractivity contribution in [2.45, 2.75) is 19.4 Å². The van der Waals surface area contributed by atoms with Crippen molar-refractivity contribution in [3.05, 3.63) is 25.6 Å². The first-order chi connectivity index (χ1) is 8.38. The molecule has 1 saturated heterocycles. The maximum atomic E-state index is 4.05. The van der Waals surface area contributed by atoms with Crippen LogP contribution in [0.2, 0.25) is 0 Å². The Kier molecular flexibility index (Phi) is 5.01. The Hall–Kier alpha value is -0.870. The number of hydrogen-bond acceptors (Lipinski definition) is 3. The van der Waals surface area contributed by atoms with E-state index >= 15 is 0 Å². The van der Waals surface area contributed by atoms with Gasteiger partial charge in [0.1, 0.15) is 0 Å². The van der Waals surface area contributed by atoms with Crippen LogP contribution in [0, 0.1) is 6.92 Å². The standard InChI is InChI=1S/C13H23N4/c1-2-5-15-9-11-16(12-10-15)6-3-7-17-8-4-14-13-17/h4,8,13H,1-3,5-7,9-12H2. The smallest absolute Gasteiger partial charge is 0.0945 e. The Morgan fingerprint density at radius 1 is 1.00 bits per heavy atom. The van der Waals surface area contributed by atoms with E-state index in [1.54, 1.807) is 0 Å². The van der Waals surface area contributed by atoms with E-state index in [1.165, 1.54) is 39.1 Å². The lowest BCUT2D eigenvalue weighted by Gasteiger charge is -2.34. The van der Waals surface area contributed by atoms with Crippen LogP contribution in [0.3, 0.4) is 0 Å². The van der Waals surface area contributed by atoms with Gasteiger partial charge in [0.05, 0.1) is 6.33 Å². The van der Waals surface area contributed by atoms with Gasteiger partial charge in [0.2, 0.25) is 0 Å². The summed E-state index contributed by atoms with van der Waals surface area (Å²) in [7, 11) is 0. The third-order valence-electron chi connectivity index (χ3n) is 3.39. The summed E-state index contributed by atoms with van der Waals surface area (Å²) >= 11 is 0. The van der Waals surface area contributed by atoms with E-state index in [1.807, 2.05) is 18.7 Å². The molecule has 0 bridgehead atoms. The largest absolute Gasteiger partial charge is 0.337 e. The molecule has 17 heavy (non-hydrogen) atoms. The van der Waals surface area contributed by atoms with Gasteiger partial charge < -0.3 is 14.4 Å². The summed E-state index contributed by atoms with van der Waals surface area (Å²) in [5.74, 6) is 0. The van der Waals surface area contributed by atoms with E-state index in [0.29, 0.717) is 0 Å². The Bertz CT molecular complexity index is 288. The molecule has 0 aromatic carbocycles. The number of imidazole rings is 1. The van der Waals surface area contributed by atoms with Crippen LogP contribution in [0.1, 0.15) is 12.8 Å². The minimum atomic E-state index is 1.03. The van der Waals surface area contributed by atoms with Crippen LogP contribution in [0.4, 0.5) is 0 Å². The molecule has 2 rings (SSSR count). The fourth-order valence-corrected chi connectivity index (χ4v) is 2.36. The molecule has 4 heteroatoms. The summed E-state index contributed by atoms with van der Waals surface area (Å²) in [5, 5.41) is 0. The molecule has 2 heterocycles. The van der Waals surface area contributed by atoms with Gasteiger partial charge in [-0.3, -0.25) is 0 Å². The molecule has 0 aliphatic carbocycles. The SMILES string of the molecule is [CH2]CCN1CCN(CCCn2ccnc2)CC1. The molecule has 1 fully saturated rings. The molecule has 1 radical (unpaired) electrons. The maximum absolute atomic E-state index is 4.05. The normalized spacial score (nSPS) is 18.6.